The van der Waals surface area contributed by atoms with E-state index in [9.17, 15) is 0 Å². The summed E-state index contributed by atoms with van der Waals surface area (Å²) in [6.07, 6.45) is 0. The van der Waals surface area contributed by atoms with E-state index in [1.165, 1.54) is 27.8 Å². The van der Waals surface area contributed by atoms with Crippen molar-refractivity contribution in [3.05, 3.63) is 68.7 Å². The van der Waals surface area contributed by atoms with E-state index in [1.54, 1.807) is 0 Å². The van der Waals surface area contributed by atoms with Crippen LogP contribution in [0.25, 0.3) is 0 Å². The zero-order valence-corrected chi connectivity index (χ0v) is 13.5. The van der Waals surface area contributed by atoms with Gasteiger partial charge in [0.2, 0.25) is 0 Å². The SMILES string of the molecule is CNC(c1ccc(Br)cc1C)c1cc(C)ccc1C. The number of benzene rings is 2. The van der Waals surface area contributed by atoms with E-state index < -0.39 is 0 Å². The fraction of sp³-hybridized carbons (Fsp3) is 0.294. The van der Waals surface area contributed by atoms with Gasteiger partial charge in [-0.15, -0.1) is 0 Å². The lowest BCUT2D eigenvalue weighted by molar-refractivity contribution is 0.682. The van der Waals surface area contributed by atoms with Gasteiger partial charge in [-0.3, -0.25) is 0 Å². The van der Waals surface area contributed by atoms with Gasteiger partial charge in [0.25, 0.3) is 0 Å². The number of nitrogens with one attached hydrogen (secondary N) is 1. The fourth-order valence-electron chi connectivity index (χ4n) is 2.51. The maximum atomic E-state index is 3.53. The molecule has 2 aromatic carbocycles. The quantitative estimate of drug-likeness (QED) is 0.866. The van der Waals surface area contributed by atoms with Gasteiger partial charge in [-0.05, 0) is 62.2 Å². The topological polar surface area (TPSA) is 12.0 Å². The Balaban J connectivity index is 2.52. The predicted octanol–water partition coefficient (Wildman–Crippen LogP) is 4.68. The third-order valence-corrected chi connectivity index (χ3v) is 4.07. The minimum absolute atomic E-state index is 0.244. The summed E-state index contributed by atoms with van der Waals surface area (Å²) in [7, 11) is 2.02. The highest BCUT2D eigenvalue weighted by Crippen LogP contribution is 2.29. The van der Waals surface area contributed by atoms with Gasteiger partial charge >= 0.3 is 0 Å². The number of hydrogen-bond donors (Lipinski definition) is 1. The molecule has 0 radical (unpaired) electrons. The Kier molecular flexibility index (Phi) is 4.43. The van der Waals surface area contributed by atoms with Crippen LogP contribution in [-0.4, -0.2) is 7.05 Å². The largest absolute Gasteiger partial charge is 0.309 e. The van der Waals surface area contributed by atoms with E-state index in [-0.39, 0.29) is 6.04 Å². The number of aryl methyl sites for hydroxylation is 3. The second-order valence-corrected chi connectivity index (χ2v) is 6.00. The molecule has 1 N–H and O–H groups in total. The van der Waals surface area contributed by atoms with Crippen LogP contribution in [0.15, 0.2) is 40.9 Å². The molecule has 1 unspecified atom stereocenters. The van der Waals surface area contributed by atoms with Gasteiger partial charge in [-0.2, -0.15) is 0 Å². The van der Waals surface area contributed by atoms with E-state index in [0.29, 0.717) is 0 Å². The third-order valence-electron chi connectivity index (χ3n) is 3.58. The van der Waals surface area contributed by atoms with Crippen molar-refractivity contribution in [3.63, 3.8) is 0 Å². The third kappa shape index (κ3) is 3.07. The molecule has 2 aromatic rings. The van der Waals surface area contributed by atoms with Crippen LogP contribution in [0.4, 0.5) is 0 Å². The normalized spacial score (nSPS) is 12.5. The summed E-state index contributed by atoms with van der Waals surface area (Å²) < 4.78 is 1.13. The summed E-state index contributed by atoms with van der Waals surface area (Å²) in [4.78, 5) is 0. The molecule has 0 aliphatic rings. The standard InChI is InChI=1S/C17H20BrN/c1-11-5-6-12(2)16(9-11)17(19-4)15-8-7-14(18)10-13(15)3/h5-10,17,19H,1-4H3. The van der Waals surface area contributed by atoms with Crippen molar-refractivity contribution in [1.29, 1.82) is 0 Å². The molecule has 0 aromatic heterocycles. The highest BCUT2D eigenvalue weighted by atomic mass is 79.9. The summed E-state index contributed by atoms with van der Waals surface area (Å²) in [6, 6.07) is 13.4. The Labute approximate surface area is 124 Å². The van der Waals surface area contributed by atoms with Crippen molar-refractivity contribution >= 4 is 15.9 Å². The van der Waals surface area contributed by atoms with Gasteiger partial charge in [0.1, 0.15) is 0 Å². The second kappa shape index (κ2) is 5.89. The Hall–Kier alpha value is -1.12. The Morgan fingerprint density at radius 3 is 2.26 bits per heavy atom. The van der Waals surface area contributed by atoms with Gasteiger partial charge in [0, 0.05) is 4.47 Å². The van der Waals surface area contributed by atoms with Crippen molar-refractivity contribution < 1.29 is 0 Å². The predicted molar refractivity (Wildman–Crippen MR) is 85.7 cm³/mol. The highest BCUT2D eigenvalue weighted by Gasteiger charge is 2.16. The van der Waals surface area contributed by atoms with E-state index in [0.717, 1.165) is 4.47 Å². The molecule has 0 heterocycles. The van der Waals surface area contributed by atoms with Crippen LogP contribution in [0, 0.1) is 20.8 Å². The van der Waals surface area contributed by atoms with Crippen LogP contribution in [0.2, 0.25) is 0 Å². The Morgan fingerprint density at radius 2 is 1.63 bits per heavy atom. The fourth-order valence-corrected chi connectivity index (χ4v) is 2.99. The number of halogens is 1. The minimum Gasteiger partial charge on any atom is -0.309 e. The summed E-state index contributed by atoms with van der Waals surface area (Å²) >= 11 is 3.53. The lowest BCUT2D eigenvalue weighted by Crippen LogP contribution is -2.19. The first-order chi connectivity index (χ1) is 9.02. The minimum atomic E-state index is 0.244. The van der Waals surface area contributed by atoms with Crippen LogP contribution in [0.3, 0.4) is 0 Å². The molecule has 1 atom stereocenters. The molecule has 0 saturated carbocycles. The molecule has 100 valence electrons. The highest BCUT2D eigenvalue weighted by molar-refractivity contribution is 9.10. The van der Waals surface area contributed by atoms with Crippen LogP contribution >= 0.6 is 15.9 Å². The van der Waals surface area contributed by atoms with Crippen LogP contribution in [0.1, 0.15) is 33.9 Å². The molecule has 19 heavy (non-hydrogen) atoms. The Bertz CT molecular complexity index is 590. The zero-order chi connectivity index (χ0) is 14.0. The summed E-state index contributed by atoms with van der Waals surface area (Å²) in [5, 5.41) is 3.45. The molecule has 0 amide bonds. The van der Waals surface area contributed by atoms with E-state index >= 15 is 0 Å². The molecule has 0 bridgehead atoms. The molecule has 2 heteroatoms. The first-order valence-electron chi connectivity index (χ1n) is 6.53. The molecule has 0 aliphatic heterocycles. The Morgan fingerprint density at radius 1 is 0.895 bits per heavy atom. The summed E-state index contributed by atoms with van der Waals surface area (Å²) in [6.45, 7) is 6.48. The average molecular weight is 318 g/mol. The van der Waals surface area contributed by atoms with Gasteiger partial charge in [0.05, 0.1) is 6.04 Å². The van der Waals surface area contributed by atoms with Crippen molar-refractivity contribution in [2.75, 3.05) is 7.05 Å². The smallest absolute Gasteiger partial charge is 0.0579 e. The summed E-state index contributed by atoms with van der Waals surface area (Å²) in [5.41, 5.74) is 6.62. The first kappa shape index (κ1) is 14.3. The average Bonchev–Trinajstić information content (AvgIpc) is 2.36. The lowest BCUT2D eigenvalue weighted by atomic mass is 9.91. The van der Waals surface area contributed by atoms with Crippen LogP contribution < -0.4 is 5.32 Å². The second-order valence-electron chi connectivity index (χ2n) is 5.08. The van der Waals surface area contributed by atoms with E-state index in [1.807, 2.05) is 7.05 Å². The maximum Gasteiger partial charge on any atom is 0.0579 e. The molecule has 2 rings (SSSR count). The number of rotatable bonds is 3. The monoisotopic (exact) mass is 317 g/mol. The van der Waals surface area contributed by atoms with Crippen molar-refractivity contribution in [1.82, 2.24) is 5.32 Å². The molecule has 0 fully saturated rings. The van der Waals surface area contributed by atoms with Crippen LogP contribution in [0.5, 0.6) is 0 Å². The molecule has 1 nitrogen and oxygen atoms in total. The van der Waals surface area contributed by atoms with Gasteiger partial charge < -0.3 is 5.32 Å². The maximum absolute atomic E-state index is 3.53. The van der Waals surface area contributed by atoms with Crippen molar-refractivity contribution in [3.8, 4) is 0 Å². The van der Waals surface area contributed by atoms with E-state index in [2.05, 4.69) is 78.4 Å². The van der Waals surface area contributed by atoms with Gasteiger partial charge in [-0.25, -0.2) is 0 Å². The van der Waals surface area contributed by atoms with Crippen molar-refractivity contribution in [2.45, 2.75) is 26.8 Å². The van der Waals surface area contributed by atoms with Gasteiger partial charge in [-0.1, -0.05) is 45.8 Å². The molecular weight excluding hydrogens is 298 g/mol. The molecule has 0 spiro atoms. The zero-order valence-electron chi connectivity index (χ0n) is 11.9. The molecule has 0 saturated heterocycles. The lowest BCUT2D eigenvalue weighted by Gasteiger charge is -2.22. The molecular formula is C17H20BrN. The van der Waals surface area contributed by atoms with Gasteiger partial charge in [0.15, 0.2) is 0 Å². The summed E-state index contributed by atoms with van der Waals surface area (Å²) in [5.74, 6) is 0. The van der Waals surface area contributed by atoms with Crippen LogP contribution in [-0.2, 0) is 0 Å². The number of hydrogen-bond acceptors (Lipinski definition) is 1. The van der Waals surface area contributed by atoms with Crippen molar-refractivity contribution in [2.24, 2.45) is 0 Å². The van der Waals surface area contributed by atoms with E-state index in [4.69, 9.17) is 0 Å². The molecule has 0 aliphatic carbocycles. The first-order valence-corrected chi connectivity index (χ1v) is 7.32.